The molecule has 0 N–H and O–H groups in total. The van der Waals surface area contributed by atoms with Crippen LogP contribution in [0.5, 0.6) is 5.75 Å². The number of unbranched alkanes of at least 4 members (excludes halogenated alkanes) is 1. The molecule has 0 bridgehead atoms. The fourth-order valence-corrected chi connectivity index (χ4v) is 4.96. The molecule has 2 amide bonds. The molecule has 0 spiro atoms. The largest absolute Gasteiger partial charge is 0.491 e. The van der Waals surface area contributed by atoms with Gasteiger partial charge in [-0.05, 0) is 68.2 Å². The van der Waals surface area contributed by atoms with Crippen molar-refractivity contribution in [2.75, 3.05) is 19.8 Å². The Labute approximate surface area is 238 Å². The summed E-state index contributed by atoms with van der Waals surface area (Å²) in [4.78, 5) is 27.9. The number of amides is 2. The molecule has 2 aliphatic rings. The molecule has 3 aromatic rings. The van der Waals surface area contributed by atoms with Gasteiger partial charge in [0.15, 0.2) is 11.6 Å². The monoisotopic (exact) mass is 554 g/mol. The van der Waals surface area contributed by atoms with Gasteiger partial charge in [-0.15, -0.1) is 0 Å². The number of rotatable bonds is 9. The Bertz CT molecular complexity index is 1560. The molecule has 0 aliphatic carbocycles. The van der Waals surface area contributed by atoms with Crippen molar-refractivity contribution in [2.24, 2.45) is 0 Å². The number of para-hydroxylation sites is 1. The third kappa shape index (κ3) is 5.83. The smallest absolute Gasteiger partial charge is 0.271 e. The van der Waals surface area contributed by atoms with E-state index in [1.54, 1.807) is 36.0 Å². The highest BCUT2D eigenvalue weighted by molar-refractivity contribution is 6.19. The molecule has 3 heterocycles. The fraction of sp³-hybridized carbons (Fsp3) is 0.312. The quantitative estimate of drug-likeness (QED) is 0.193. The van der Waals surface area contributed by atoms with Crippen LogP contribution in [-0.2, 0) is 14.3 Å². The summed E-state index contributed by atoms with van der Waals surface area (Å²) in [6.07, 6.45) is 6.44. The van der Waals surface area contributed by atoms with Crippen molar-refractivity contribution < 1.29 is 23.5 Å². The zero-order valence-electron chi connectivity index (χ0n) is 23.1. The summed E-state index contributed by atoms with van der Waals surface area (Å²) in [7, 11) is 0. The Morgan fingerprint density at radius 3 is 2.68 bits per heavy atom. The van der Waals surface area contributed by atoms with Gasteiger partial charge in [0, 0.05) is 29.5 Å². The van der Waals surface area contributed by atoms with Crippen LogP contribution >= 0.6 is 0 Å². The maximum atomic E-state index is 15.1. The molecule has 41 heavy (non-hydrogen) atoms. The summed E-state index contributed by atoms with van der Waals surface area (Å²) in [5, 5.41) is 14.5. The van der Waals surface area contributed by atoms with Crippen LogP contribution in [0.25, 0.3) is 23.0 Å². The number of nitriles is 1. The lowest BCUT2D eigenvalue weighted by molar-refractivity contribution is -0.142. The fourth-order valence-electron chi connectivity index (χ4n) is 4.96. The van der Waals surface area contributed by atoms with Gasteiger partial charge in [-0.2, -0.15) is 10.4 Å². The highest BCUT2D eigenvalue weighted by Gasteiger charge is 2.37. The molecular formula is C32H31FN4O4. The highest BCUT2D eigenvalue weighted by atomic mass is 19.1. The van der Waals surface area contributed by atoms with E-state index in [4.69, 9.17) is 14.6 Å². The van der Waals surface area contributed by atoms with Crippen LogP contribution in [0.15, 0.2) is 71.4 Å². The van der Waals surface area contributed by atoms with Gasteiger partial charge < -0.3 is 9.47 Å². The Balaban J connectivity index is 1.59. The molecule has 1 saturated heterocycles. The number of imide groups is 1. The first-order valence-corrected chi connectivity index (χ1v) is 13.8. The van der Waals surface area contributed by atoms with Gasteiger partial charge in [-0.1, -0.05) is 31.5 Å². The van der Waals surface area contributed by atoms with Crippen molar-refractivity contribution in [3.8, 4) is 28.8 Å². The minimum absolute atomic E-state index is 0.0777. The van der Waals surface area contributed by atoms with Gasteiger partial charge in [0.2, 0.25) is 0 Å². The summed E-state index contributed by atoms with van der Waals surface area (Å²) in [6.45, 7) is 4.70. The summed E-state index contributed by atoms with van der Waals surface area (Å²) < 4.78 is 28.0. The first kappa shape index (κ1) is 28.0. The average molecular weight is 555 g/mol. The molecule has 1 atom stereocenters. The van der Waals surface area contributed by atoms with E-state index < -0.39 is 17.6 Å². The summed E-state index contributed by atoms with van der Waals surface area (Å²) >= 11 is 0. The summed E-state index contributed by atoms with van der Waals surface area (Å²) in [5.74, 6) is -1.49. The second-order valence-corrected chi connectivity index (χ2v) is 10.1. The van der Waals surface area contributed by atoms with Crippen molar-refractivity contribution in [3.05, 3.63) is 82.8 Å². The Kier molecular flexibility index (Phi) is 8.41. The number of halogens is 1. The molecule has 210 valence electrons. The van der Waals surface area contributed by atoms with Crippen LogP contribution in [0.3, 0.4) is 0 Å². The highest BCUT2D eigenvalue weighted by Crippen LogP contribution is 2.33. The first-order valence-electron chi connectivity index (χ1n) is 13.8. The van der Waals surface area contributed by atoms with Crippen LogP contribution < -0.4 is 4.74 Å². The molecule has 2 aliphatic heterocycles. The molecule has 8 nitrogen and oxygen atoms in total. The van der Waals surface area contributed by atoms with Gasteiger partial charge in [0.1, 0.15) is 17.3 Å². The lowest BCUT2D eigenvalue weighted by atomic mass is 9.93. The molecule has 0 radical (unpaired) electrons. The van der Waals surface area contributed by atoms with Gasteiger partial charge >= 0.3 is 0 Å². The maximum absolute atomic E-state index is 15.1. The van der Waals surface area contributed by atoms with Crippen molar-refractivity contribution in [1.29, 1.82) is 5.26 Å². The summed E-state index contributed by atoms with van der Waals surface area (Å²) in [5.41, 5.74) is 2.62. The van der Waals surface area contributed by atoms with Crippen molar-refractivity contribution in [2.45, 2.75) is 45.6 Å². The van der Waals surface area contributed by atoms with E-state index in [1.807, 2.05) is 43.3 Å². The number of ether oxygens (including phenoxy) is 2. The number of hydrogen-bond acceptors (Lipinski definition) is 6. The van der Waals surface area contributed by atoms with E-state index in [9.17, 15) is 14.9 Å². The van der Waals surface area contributed by atoms with Crippen molar-refractivity contribution >= 4 is 17.9 Å². The zero-order chi connectivity index (χ0) is 28.9. The van der Waals surface area contributed by atoms with E-state index in [2.05, 4.69) is 0 Å². The van der Waals surface area contributed by atoms with Crippen LogP contribution in [0.4, 0.5) is 4.39 Å². The van der Waals surface area contributed by atoms with E-state index in [0.29, 0.717) is 30.0 Å². The number of carbonyl (C=O) groups excluding carboxylic acids is 2. The molecule has 1 aromatic heterocycles. The van der Waals surface area contributed by atoms with Crippen LogP contribution in [0.2, 0.25) is 0 Å². The van der Waals surface area contributed by atoms with E-state index in [1.165, 1.54) is 6.07 Å². The lowest BCUT2D eigenvalue weighted by Crippen LogP contribution is -2.46. The third-order valence-electron chi connectivity index (χ3n) is 7.26. The third-order valence-corrected chi connectivity index (χ3v) is 7.26. The number of hydrogen-bond donors (Lipinski definition) is 0. The SMILES string of the molecule is CCCCOc1ccc(-c2nn(-c3ccccc3)cc2/C=C2/C(=O)N(CC3CCCO3)C(=O)C(C#N)=C2C)cc1F. The van der Waals surface area contributed by atoms with E-state index in [0.717, 1.165) is 36.3 Å². The van der Waals surface area contributed by atoms with Gasteiger partial charge in [0.25, 0.3) is 11.8 Å². The van der Waals surface area contributed by atoms with Crippen molar-refractivity contribution in [1.82, 2.24) is 14.7 Å². The summed E-state index contributed by atoms with van der Waals surface area (Å²) in [6, 6.07) is 16.0. The Morgan fingerprint density at radius 2 is 2.00 bits per heavy atom. The van der Waals surface area contributed by atoms with Gasteiger partial charge in [-0.3, -0.25) is 14.5 Å². The number of aromatic nitrogens is 2. The zero-order valence-corrected chi connectivity index (χ0v) is 23.1. The maximum Gasteiger partial charge on any atom is 0.271 e. The molecule has 9 heteroatoms. The van der Waals surface area contributed by atoms with E-state index >= 15 is 4.39 Å². The Hall–Kier alpha value is -4.55. The van der Waals surface area contributed by atoms with E-state index in [-0.39, 0.29) is 35.1 Å². The predicted octanol–water partition coefficient (Wildman–Crippen LogP) is 5.63. The number of nitrogens with zero attached hydrogens (tertiary/aromatic N) is 4. The first-order chi connectivity index (χ1) is 19.9. The molecule has 2 aromatic carbocycles. The van der Waals surface area contributed by atoms with Crippen LogP contribution in [0, 0.1) is 17.1 Å². The minimum atomic E-state index is -0.622. The molecule has 1 fully saturated rings. The van der Waals surface area contributed by atoms with Gasteiger partial charge in [0.05, 0.1) is 24.9 Å². The van der Waals surface area contributed by atoms with Gasteiger partial charge in [-0.25, -0.2) is 9.07 Å². The van der Waals surface area contributed by atoms with Crippen molar-refractivity contribution in [3.63, 3.8) is 0 Å². The van der Waals surface area contributed by atoms with Crippen LogP contribution in [-0.4, -0.2) is 52.4 Å². The normalized spacial score (nSPS) is 18.3. The molecule has 1 unspecified atom stereocenters. The topological polar surface area (TPSA) is 97.4 Å². The minimum Gasteiger partial charge on any atom is -0.491 e. The van der Waals surface area contributed by atoms with Crippen LogP contribution in [0.1, 0.15) is 45.1 Å². The number of carbonyl (C=O) groups is 2. The molecule has 0 saturated carbocycles. The lowest BCUT2D eigenvalue weighted by Gasteiger charge is -2.29. The average Bonchev–Trinajstić information content (AvgIpc) is 3.65. The molecule has 5 rings (SSSR count). The second-order valence-electron chi connectivity index (χ2n) is 10.1. The Morgan fingerprint density at radius 1 is 1.20 bits per heavy atom. The predicted molar refractivity (Wildman–Crippen MR) is 151 cm³/mol. The molecular weight excluding hydrogens is 523 g/mol. The standard InChI is InChI=1S/C32H31FN4O4/c1-3-4-14-41-29-13-12-22(17-28(29)33)30-23(19-37(35-30)24-9-6-5-7-10-24)16-26-21(2)27(18-34)32(39)36(31(26)38)20-25-11-8-15-40-25/h5-7,9-10,12-13,16-17,19,25H,3-4,8,11,14-15,20H2,1-2H3/b26-16+. The number of benzene rings is 2. The second kappa shape index (κ2) is 12.3.